The van der Waals surface area contributed by atoms with Gasteiger partial charge in [0.25, 0.3) is 0 Å². The third-order valence-electron chi connectivity index (χ3n) is 6.89. The van der Waals surface area contributed by atoms with E-state index in [0.29, 0.717) is 0 Å². The van der Waals surface area contributed by atoms with Crippen LogP contribution < -0.4 is 10.2 Å². The highest BCUT2D eigenvalue weighted by Crippen LogP contribution is 2.42. The molecule has 8 nitrogen and oxygen atoms in total. The lowest BCUT2D eigenvalue weighted by Crippen LogP contribution is -2.32. The Bertz CT molecular complexity index is 1350. The first-order chi connectivity index (χ1) is 16.1. The Balaban J connectivity index is 1.41. The molecular formula is C24H27N7OS. The van der Waals surface area contributed by atoms with Crippen LogP contribution >= 0.6 is 11.3 Å². The van der Waals surface area contributed by atoms with Gasteiger partial charge in [0.2, 0.25) is 5.91 Å². The largest absolute Gasteiger partial charge is 0.370 e. The zero-order valence-electron chi connectivity index (χ0n) is 18.9. The summed E-state index contributed by atoms with van der Waals surface area (Å²) in [5.74, 6) is 1.11. The molecule has 9 heteroatoms. The van der Waals surface area contributed by atoms with Gasteiger partial charge in [-0.1, -0.05) is 0 Å². The van der Waals surface area contributed by atoms with E-state index in [-0.39, 0.29) is 11.8 Å². The summed E-state index contributed by atoms with van der Waals surface area (Å²) >= 11 is 1.70. The number of nitrogens with one attached hydrogen (secondary N) is 2. The number of hydrogen-bond donors (Lipinski definition) is 2. The van der Waals surface area contributed by atoms with Crippen LogP contribution in [-0.2, 0) is 17.6 Å². The maximum absolute atomic E-state index is 12.6. The number of rotatable bonds is 4. The summed E-state index contributed by atoms with van der Waals surface area (Å²) in [5.41, 5.74) is 4.56. The van der Waals surface area contributed by atoms with Crippen molar-refractivity contribution >= 4 is 55.6 Å². The van der Waals surface area contributed by atoms with E-state index < -0.39 is 0 Å². The van der Waals surface area contributed by atoms with Gasteiger partial charge in [-0.25, -0.2) is 9.97 Å². The molecule has 1 aliphatic heterocycles. The number of aromatic amines is 1. The van der Waals surface area contributed by atoms with Gasteiger partial charge >= 0.3 is 0 Å². The predicted molar refractivity (Wildman–Crippen MR) is 132 cm³/mol. The fourth-order valence-electron chi connectivity index (χ4n) is 5.21. The molecule has 33 heavy (non-hydrogen) atoms. The van der Waals surface area contributed by atoms with Gasteiger partial charge in [0.15, 0.2) is 0 Å². The summed E-state index contributed by atoms with van der Waals surface area (Å²) in [7, 11) is 3.68. The zero-order chi connectivity index (χ0) is 22.5. The maximum Gasteiger partial charge on any atom is 0.225 e. The smallest absolute Gasteiger partial charge is 0.225 e. The molecule has 4 aromatic rings. The molecule has 0 unspecified atom stereocenters. The second-order valence-corrected chi connectivity index (χ2v) is 10.3. The van der Waals surface area contributed by atoms with Crippen LogP contribution in [0.25, 0.3) is 21.1 Å². The van der Waals surface area contributed by atoms with Crippen LogP contribution in [0.5, 0.6) is 0 Å². The third-order valence-corrected chi connectivity index (χ3v) is 8.05. The van der Waals surface area contributed by atoms with E-state index in [1.807, 2.05) is 20.3 Å². The summed E-state index contributed by atoms with van der Waals surface area (Å²) in [6, 6.07) is 4.35. The van der Waals surface area contributed by atoms with Crippen molar-refractivity contribution in [3.05, 3.63) is 35.1 Å². The minimum Gasteiger partial charge on any atom is -0.370 e. The van der Waals surface area contributed by atoms with E-state index in [2.05, 4.69) is 42.5 Å². The lowest BCUT2D eigenvalue weighted by Gasteiger charge is -2.24. The van der Waals surface area contributed by atoms with Gasteiger partial charge in [0, 0.05) is 43.4 Å². The molecule has 1 fully saturated rings. The molecule has 2 N–H and O–H groups in total. The van der Waals surface area contributed by atoms with Crippen molar-refractivity contribution in [1.82, 2.24) is 25.1 Å². The molecule has 2 aliphatic rings. The molecule has 6 rings (SSSR count). The number of benzene rings is 1. The number of H-pyrrole nitrogens is 1. The average molecular weight is 462 g/mol. The number of carbonyl (C=O) groups excluding carboxylic acids is 1. The first-order valence-corrected chi connectivity index (χ1v) is 12.4. The second kappa shape index (κ2) is 7.98. The normalized spacial score (nSPS) is 18.1. The maximum atomic E-state index is 12.6. The number of hydrogen-bond acceptors (Lipinski definition) is 7. The Kier molecular flexibility index (Phi) is 4.94. The molecule has 3 aromatic heterocycles. The number of amides is 1. The molecular weight excluding hydrogens is 434 g/mol. The van der Waals surface area contributed by atoms with E-state index >= 15 is 0 Å². The number of carbonyl (C=O) groups is 1. The Labute approximate surface area is 196 Å². The lowest BCUT2D eigenvalue weighted by molar-refractivity contribution is -0.133. The van der Waals surface area contributed by atoms with E-state index in [0.717, 1.165) is 65.0 Å². The first kappa shape index (κ1) is 20.4. The number of anilines is 3. The van der Waals surface area contributed by atoms with Crippen LogP contribution in [0.1, 0.15) is 29.7 Å². The fourth-order valence-corrected chi connectivity index (χ4v) is 6.48. The van der Waals surface area contributed by atoms with Gasteiger partial charge < -0.3 is 15.1 Å². The van der Waals surface area contributed by atoms with E-state index in [4.69, 9.17) is 0 Å². The lowest BCUT2D eigenvalue weighted by atomic mass is 9.87. The summed E-state index contributed by atoms with van der Waals surface area (Å²) in [4.78, 5) is 28.2. The van der Waals surface area contributed by atoms with Crippen molar-refractivity contribution in [2.45, 2.75) is 32.1 Å². The van der Waals surface area contributed by atoms with E-state index in [1.165, 1.54) is 29.0 Å². The Morgan fingerprint density at radius 1 is 1.24 bits per heavy atom. The molecule has 1 atom stereocenters. The van der Waals surface area contributed by atoms with Crippen molar-refractivity contribution < 1.29 is 4.79 Å². The van der Waals surface area contributed by atoms with Crippen LogP contribution in [0.3, 0.4) is 0 Å². The molecule has 0 bridgehead atoms. The van der Waals surface area contributed by atoms with Gasteiger partial charge in [-0.05, 0) is 49.8 Å². The summed E-state index contributed by atoms with van der Waals surface area (Å²) in [5, 5.41) is 13.2. The second-order valence-electron chi connectivity index (χ2n) is 9.22. The molecule has 1 amide bonds. The minimum atomic E-state index is 0.0511. The van der Waals surface area contributed by atoms with E-state index in [1.54, 1.807) is 22.6 Å². The molecule has 0 spiro atoms. The van der Waals surface area contributed by atoms with Crippen LogP contribution in [-0.4, -0.2) is 58.2 Å². The number of fused-ring (bicyclic) bond motifs is 4. The highest BCUT2D eigenvalue weighted by molar-refractivity contribution is 7.19. The fraction of sp³-hybridized carbons (Fsp3) is 0.417. The number of thiophene rings is 1. The SMILES string of the molecule is CN(C)C(=O)[C@H]1CCc2c(sc3ncnc(Nc4cc5cn[nH]c5cc4N4CCCC4)c23)C1. The van der Waals surface area contributed by atoms with Crippen LogP contribution in [0, 0.1) is 5.92 Å². The Morgan fingerprint density at radius 3 is 2.91 bits per heavy atom. The predicted octanol–water partition coefficient (Wildman–Crippen LogP) is 4.10. The summed E-state index contributed by atoms with van der Waals surface area (Å²) in [6.07, 6.45) is 8.45. The van der Waals surface area contributed by atoms with Crippen LogP contribution in [0.15, 0.2) is 24.7 Å². The Hall–Kier alpha value is -3.20. The van der Waals surface area contributed by atoms with Crippen molar-refractivity contribution in [3.63, 3.8) is 0 Å². The van der Waals surface area contributed by atoms with Crippen molar-refractivity contribution in [1.29, 1.82) is 0 Å². The number of aryl methyl sites for hydroxylation is 1. The van der Waals surface area contributed by atoms with Crippen molar-refractivity contribution in [2.75, 3.05) is 37.4 Å². The molecule has 1 aliphatic carbocycles. The van der Waals surface area contributed by atoms with Gasteiger partial charge in [-0.3, -0.25) is 9.89 Å². The summed E-state index contributed by atoms with van der Waals surface area (Å²) < 4.78 is 0. The van der Waals surface area contributed by atoms with Gasteiger partial charge in [-0.15, -0.1) is 11.3 Å². The van der Waals surface area contributed by atoms with Crippen LogP contribution in [0.2, 0.25) is 0 Å². The molecule has 1 saturated heterocycles. The molecule has 1 aromatic carbocycles. The van der Waals surface area contributed by atoms with Gasteiger partial charge in [0.05, 0.1) is 28.5 Å². The van der Waals surface area contributed by atoms with E-state index in [9.17, 15) is 4.79 Å². The zero-order valence-corrected chi connectivity index (χ0v) is 19.7. The van der Waals surface area contributed by atoms with Gasteiger partial charge in [-0.2, -0.15) is 5.10 Å². The Morgan fingerprint density at radius 2 is 2.09 bits per heavy atom. The average Bonchev–Trinajstić information content (AvgIpc) is 3.56. The van der Waals surface area contributed by atoms with Crippen molar-refractivity contribution in [3.8, 4) is 0 Å². The number of nitrogens with zero attached hydrogens (tertiary/aromatic N) is 5. The highest BCUT2D eigenvalue weighted by Gasteiger charge is 2.30. The number of aromatic nitrogens is 4. The third kappa shape index (κ3) is 3.51. The topological polar surface area (TPSA) is 90.0 Å². The standard InChI is InChI=1S/C24H27N7OS/c1-30(2)24(32)14-5-6-16-20(10-14)33-23-21(16)22(25-13-26-23)28-18-9-15-12-27-29-17(15)11-19(18)31-7-3-4-8-31/h9,11-14H,3-8,10H2,1-2H3,(H,27,29)(H,25,26,28)/t14-/m0/s1. The van der Waals surface area contributed by atoms with Crippen molar-refractivity contribution in [2.24, 2.45) is 5.92 Å². The molecule has 0 saturated carbocycles. The molecule has 4 heterocycles. The monoisotopic (exact) mass is 461 g/mol. The van der Waals surface area contributed by atoms with Crippen LogP contribution in [0.4, 0.5) is 17.2 Å². The highest BCUT2D eigenvalue weighted by atomic mass is 32.1. The summed E-state index contributed by atoms with van der Waals surface area (Å²) in [6.45, 7) is 2.12. The van der Waals surface area contributed by atoms with Gasteiger partial charge in [0.1, 0.15) is 17.0 Å². The minimum absolute atomic E-state index is 0.0511. The first-order valence-electron chi connectivity index (χ1n) is 11.5. The quantitative estimate of drug-likeness (QED) is 0.476. The molecule has 170 valence electrons. The molecule has 0 radical (unpaired) electrons.